The molecular weight excluding hydrogens is 276 g/mol. The van der Waals surface area contributed by atoms with Gasteiger partial charge in [-0.2, -0.15) is 5.26 Å². The van der Waals surface area contributed by atoms with Crippen molar-refractivity contribution in [2.24, 2.45) is 0 Å². The third-order valence-electron chi connectivity index (χ3n) is 3.64. The number of rotatable bonds is 4. The molecule has 3 heteroatoms. The molecule has 0 aliphatic carbocycles. The van der Waals surface area contributed by atoms with E-state index in [1.54, 1.807) is 11.3 Å². The molecule has 2 nitrogen and oxygen atoms in total. The number of hydrogen-bond acceptors (Lipinski definition) is 3. The molecule has 1 aromatic heterocycles. The van der Waals surface area contributed by atoms with Gasteiger partial charge in [0, 0.05) is 17.5 Å². The molecule has 21 heavy (non-hydrogen) atoms. The Morgan fingerprint density at radius 2 is 1.90 bits per heavy atom. The summed E-state index contributed by atoms with van der Waals surface area (Å²) in [6, 6.07) is 21.2. The van der Waals surface area contributed by atoms with Crippen LogP contribution in [0.2, 0.25) is 0 Å². The summed E-state index contributed by atoms with van der Waals surface area (Å²) in [7, 11) is 0. The zero-order valence-corrected chi connectivity index (χ0v) is 12.7. The monoisotopic (exact) mass is 292 g/mol. The molecule has 3 aromatic rings. The van der Waals surface area contributed by atoms with Gasteiger partial charge in [-0.1, -0.05) is 42.5 Å². The minimum atomic E-state index is 0.267. The van der Waals surface area contributed by atoms with Crippen LogP contribution in [0.5, 0.6) is 0 Å². The molecule has 0 saturated carbocycles. The van der Waals surface area contributed by atoms with Crippen molar-refractivity contribution in [1.29, 1.82) is 5.26 Å². The molecule has 3 rings (SSSR count). The highest BCUT2D eigenvalue weighted by molar-refractivity contribution is 7.12. The molecule has 104 valence electrons. The van der Waals surface area contributed by atoms with Gasteiger partial charge in [0.15, 0.2) is 0 Å². The maximum absolute atomic E-state index is 8.86. The highest BCUT2D eigenvalue weighted by Crippen LogP contribution is 2.24. The second kappa shape index (κ2) is 6.09. The van der Waals surface area contributed by atoms with E-state index in [1.807, 2.05) is 12.1 Å². The minimum Gasteiger partial charge on any atom is -0.305 e. The fourth-order valence-electron chi connectivity index (χ4n) is 2.52. The second-order valence-corrected chi connectivity index (χ2v) is 6.22. The van der Waals surface area contributed by atoms with Gasteiger partial charge in [-0.05, 0) is 35.4 Å². The molecule has 1 heterocycles. The highest BCUT2D eigenvalue weighted by Gasteiger charge is 2.09. The Bertz CT molecular complexity index is 793. The first kappa shape index (κ1) is 13.8. The summed E-state index contributed by atoms with van der Waals surface area (Å²) in [5, 5.41) is 15.0. The van der Waals surface area contributed by atoms with Crippen LogP contribution in [0.3, 0.4) is 0 Å². The van der Waals surface area contributed by atoms with Crippen molar-refractivity contribution in [1.82, 2.24) is 5.32 Å². The normalized spacial score (nSPS) is 12.2. The molecule has 0 bridgehead atoms. The van der Waals surface area contributed by atoms with Crippen LogP contribution in [0.4, 0.5) is 0 Å². The van der Waals surface area contributed by atoms with E-state index in [9.17, 15) is 0 Å². The van der Waals surface area contributed by atoms with E-state index in [0.29, 0.717) is 0 Å². The van der Waals surface area contributed by atoms with Crippen molar-refractivity contribution in [3.05, 3.63) is 69.9 Å². The Balaban J connectivity index is 1.78. The number of hydrogen-bond donors (Lipinski definition) is 1. The molecule has 0 aliphatic heterocycles. The lowest BCUT2D eigenvalue weighted by atomic mass is 10.00. The lowest BCUT2D eigenvalue weighted by Gasteiger charge is -2.16. The largest absolute Gasteiger partial charge is 0.305 e. The summed E-state index contributed by atoms with van der Waals surface area (Å²) >= 11 is 1.55. The summed E-state index contributed by atoms with van der Waals surface area (Å²) in [5.74, 6) is 0. The minimum absolute atomic E-state index is 0.267. The molecule has 0 spiro atoms. The molecule has 2 aromatic carbocycles. The lowest BCUT2D eigenvalue weighted by Crippen LogP contribution is -2.17. The Labute approximate surface area is 128 Å². The Hall–Kier alpha value is -2.15. The molecular formula is C18H16N2S. The van der Waals surface area contributed by atoms with Crippen molar-refractivity contribution in [2.45, 2.75) is 19.5 Å². The van der Waals surface area contributed by atoms with Gasteiger partial charge in [0.05, 0.1) is 0 Å². The third kappa shape index (κ3) is 2.97. The Kier molecular flexibility index (Phi) is 4.01. The van der Waals surface area contributed by atoms with Gasteiger partial charge < -0.3 is 5.32 Å². The standard InChI is InChI=1S/C18H16N2S/c1-13(20-12-16-10-9-15(11-19)21-16)17-8-4-6-14-5-2-3-7-18(14)17/h2-10,13,20H,12H2,1H3. The van der Waals surface area contributed by atoms with E-state index in [0.717, 1.165) is 11.4 Å². The van der Waals surface area contributed by atoms with Gasteiger partial charge >= 0.3 is 0 Å². The molecule has 0 amide bonds. The van der Waals surface area contributed by atoms with E-state index in [2.05, 4.69) is 60.8 Å². The SMILES string of the molecule is CC(NCc1ccc(C#N)s1)c1cccc2ccccc12. The predicted molar refractivity (Wildman–Crippen MR) is 88.2 cm³/mol. The number of nitriles is 1. The Morgan fingerprint density at radius 1 is 1.10 bits per heavy atom. The van der Waals surface area contributed by atoms with Crippen molar-refractivity contribution in [2.75, 3.05) is 0 Å². The van der Waals surface area contributed by atoms with E-state index in [4.69, 9.17) is 5.26 Å². The van der Waals surface area contributed by atoms with Crippen molar-refractivity contribution in [3.63, 3.8) is 0 Å². The van der Waals surface area contributed by atoms with E-state index < -0.39 is 0 Å². The summed E-state index contributed by atoms with van der Waals surface area (Å²) in [4.78, 5) is 1.96. The predicted octanol–water partition coefficient (Wildman–Crippen LogP) is 4.62. The smallest absolute Gasteiger partial charge is 0.110 e. The first-order valence-corrected chi connectivity index (χ1v) is 7.79. The molecule has 0 radical (unpaired) electrons. The number of nitrogens with zero attached hydrogens (tertiary/aromatic N) is 1. The van der Waals surface area contributed by atoms with Crippen LogP contribution in [0.25, 0.3) is 10.8 Å². The van der Waals surface area contributed by atoms with Crippen LogP contribution in [0.15, 0.2) is 54.6 Å². The maximum Gasteiger partial charge on any atom is 0.110 e. The van der Waals surface area contributed by atoms with Gasteiger partial charge in [0.25, 0.3) is 0 Å². The van der Waals surface area contributed by atoms with Crippen LogP contribution in [0.1, 0.15) is 28.3 Å². The van der Waals surface area contributed by atoms with Gasteiger partial charge in [-0.25, -0.2) is 0 Å². The zero-order valence-electron chi connectivity index (χ0n) is 11.8. The summed E-state index contributed by atoms with van der Waals surface area (Å²) in [5.41, 5.74) is 1.31. The fraction of sp³-hybridized carbons (Fsp3) is 0.167. The summed E-state index contributed by atoms with van der Waals surface area (Å²) in [6.45, 7) is 2.97. The van der Waals surface area contributed by atoms with E-state index in [-0.39, 0.29) is 6.04 Å². The first-order valence-electron chi connectivity index (χ1n) is 6.98. The second-order valence-electron chi connectivity index (χ2n) is 5.05. The van der Waals surface area contributed by atoms with Crippen LogP contribution in [-0.4, -0.2) is 0 Å². The number of thiophene rings is 1. The van der Waals surface area contributed by atoms with Crippen molar-refractivity contribution >= 4 is 22.1 Å². The van der Waals surface area contributed by atoms with Crippen LogP contribution in [-0.2, 0) is 6.54 Å². The number of nitrogens with one attached hydrogen (secondary N) is 1. The summed E-state index contributed by atoms with van der Waals surface area (Å²) in [6.07, 6.45) is 0. The Morgan fingerprint density at radius 3 is 2.71 bits per heavy atom. The van der Waals surface area contributed by atoms with Crippen LogP contribution < -0.4 is 5.32 Å². The number of benzene rings is 2. The topological polar surface area (TPSA) is 35.8 Å². The van der Waals surface area contributed by atoms with Crippen LogP contribution >= 0.6 is 11.3 Å². The average Bonchev–Trinajstić information content (AvgIpc) is 3.00. The first-order chi connectivity index (χ1) is 10.3. The average molecular weight is 292 g/mol. The molecule has 0 fully saturated rings. The highest BCUT2D eigenvalue weighted by atomic mass is 32.1. The van der Waals surface area contributed by atoms with Gasteiger partial charge in [-0.15, -0.1) is 11.3 Å². The molecule has 0 saturated heterocycles. The number of fused-ring (bicyclic) bond motifs is 1. The van der Waals surface area contributed by atoms with Crippen molar-refractivity contribution in [3.8, 4) is 6.07 Å². The van der Waals surface area contributed by atoms with E-state index >= 15 is 0 Å². The molecule has 1 unspecified atom stereocenters. The van der Waals surface area contributed by atoms with Crippen molar-refractivity contribution < 1.29 is 0 Å². The van der Waals surface area contributed by atoms with Gasteiger partial charge in [0.1, 0.15) is 10.9 Å². The molecule has 1 N–H and O–H groups in total. The molecule has 0 aliphatic rings. The summed E-state index contributed by atoms with van der Waals surface area (Å²) < 4.78 is 0. The van der Waals surface area contributed by atoms with E-state index in [1.165, 1.54) is 21.2 Å². The quantitative estimate of drug-likeness (QED) is 0.761. The maximum atomic E-state index is 8.86. The van der Waals surface area contributed by atoms with Gasteiger partial charge in [0.2, 0.25) is 0 Å². The lowest BCUT2D eigenvalue weighted by molar-refractivity contribution is 0.582. The zero-order chi connectivity index (χ0) is 14.7. The fourth-order valence-corrected chi connectivity index (χ4v) is 3.28. The molecule has 1 atom stereocenters. The third-order valence-corrected chi connectivity index (χ3v) is 4.63. The van der Waals surface area contributed by atoms with Crippen LogP contribution in [0, 0.1) is 11.3 Å². The van der Waals surface area contributed by atoms with Gasteiger partial charge in [-0.3, -0.25) is 0 Å².